The Labute approximate surface area is 220 Å². The van der Waals surface area contributed by atoms with Gasteiger partial charge in [-0.3, -0.25) is 14.4 Å². The summed E-state index contributed by atoms with van der Waals surface area (Å²) in [5.41, 5.74) is 0.739. The number of hydrogen-bond donors (Lipinski definition) is 2. The molecule has 204 valence electrons. The third kappa shape index (κ3) is 9.78. The van der Waals surface area contributed by atoms with Crippen molar-refractivity contribution in [2.45, 2.75) is 69.6 Å². The normalized spacial score (nSPS) is 17.5. The first kappa shape index (κ1) is 30.3. The van der Waals surface area contributed by atoms with Gasteiger partial charge in [-0.05, 0) is 44.1 Å². The molecule has 0 bridgehead atoms. The monoisotopic (exact) mass is 514 g/mol. The predicted molar refractivity (Wildman–Crippen MR) is 142 cm³/mol. The van der Waals surface area contributed by atoms with E-state index in [4.69, 9.17) is 9.47 Å². The van der Waals surface area contributed by atoms with Gasteiger partial charge in [0.25, 0.3) is 0 Å². The average Bonchev–Trinajstić information content (AvgIpc) is 3.39. The lowest BCUT2D eigenvalue weighted by Gasteiger charge is -2.30. The molecule has 2 N–H and O–H groups in total. The Morgan fingerprint density at radius 2 is 1.95 bits per heavy atom. The van der Waals surface area contributed by atoms with E-state index in [9.17, 15) is 19.5 Å². The van der Waals surface area contributed by atoms with Gasteiger partial charge in [-0.1, -0.05) is 42.5 Å². The van der Waals surface area contributed by atoms with Crippen molar-refractivity contribution in [3.05, 3.63) is 61.2 Å². The third-order valence-corrected chi connectivity index (χ3v) is 6.62. The van der Waals surface area contributed by atoms with E-state index >= 15 is 0 Å². The third-order valence-electron chi connectivity index (χ3n) is 6.62. The number of unbranched alkanes of at least 4 members (excludes halogenated alkanes) is 2. The van der Waals surface area contributed by atoms with E-state index in [0.717, 1.165) is 31.2 Å². The number of likely N-dealkylation sites (tertiary alicyclic amines) is 1. The minimum atomic E-state index is -0.755. The highest BCUT2D eigenvalue weighted by molar-refractivity contribution is 5.86. The Bertz CT molecular complexity index is 874. The number of benzene rings is 1. The van der Waals surface area contributed by atoms with Crippen molar-refractivity contribution in [1.82, 2.24) is 10.2 Å². The molecule has 0 spiro atoms. The molecule has 0 aliphatic carbocycles. The summed E-state index contributed by atoms with van der Waals surface area (Å²) >= 11 is 0. The molecule has 1 aliphatic heterocycles. The van der Waals surface area contributed by atoms with Gasteiger partial charge in [-0.25, -0.2) is 0 Å². The molecule has 0 unspecified atom stereocenters. The number of carbonyl (C=O) groups excluding carboxylic acids is 3. The van der Waals surface area contributed by atoms with Crippen LogP contribution in [0.2, 0.25) is 0 Å². The zero-order chi connectivity index (χ0) is 27.0. The number of carbonyl (C=O) groups is 3. The standard InChI is InChI=1S/C29H42N2O6/c1-4-6-7-11-17-27(34)37-28(22-14-9-8-10-15-22)25(21-36-3)30-29(35)23(13-5-2)19-26(33)31-18-12-16-24(31)20-32/h4-5,8-10,14-15,23-25,28,32H,1-2,6-7,11-13,16-21H2,3H3,(H,30,35)/t23-,24-,25-,28-/m0/s1. The quantitative estimate of drug-likeness (QED) is 0.187. The van der Waals surface area contributed by atoms with Gasteiger partial charge in [0.15, 0.2) is 0 Å². The van der Waals surface area contributed by atoms with Crippen molar-refractivity contribution in [3.63, 3.8) is 0 Å². The Balaban J connectivity index is 2.16. The fourth-order valence-corrected chi connectivity index (χ4v) is 4.63. The molecule has 0 aromatic heterocycles. The summed E-state index contributed by atoms with van der Waals surface area (Å²) < 4.78 is 11.3. The molecule has 4 atom stereocenters. The second-order valence-electron chi connectivity index (χ2n) is 9.42. The minimum Gasteiger partial charge on any atom is -0.455 e. The summed E-state index contributed by atoms with van der Waals surface area (Å²) in [6, 6.07) is 8.39. The fourth-order valence-electron chi connectivity index (χ4n) is 4.63. The van der Waals surface area contributed by atoms with E-state index in [1.165, 1.54) is 7.11 Å². The number of aliphatic hydroxyl groups excluding tert-OH is 1. The lowest BCUT2D eigenvalue weighted by Crippen LogP contribution is -2.47. The molecular formula is C29H42N2O6. The topological polar surface area (TPSA) is 105 Å². The van der Waals surface area contributed by atoms with E-state index in [2.05, 4.69) is 18.5 Å². The summed E-state index contributed by atoms with van der Waals surface area (Å²) in [7, 11) is 1.52. The summed E-state index contributed by atoms with van der Waals surface area (Å²) in [6.45, 7) is 8.06. The number of allylic oxidation sites excluding steroid dienone is 2. The number of nitrogens with zero attached hydrogens (tertiary/aromatic N) is 1. The summed E-state index contributed by atoms with van der Waals surface area (Å²) in [6.07, 6.45) is 7.22. The molecular weight excluding hydrogens is 472 g/mol. The van der Waals surface area contributed by atoms with Crippen LogP contribution in [-0.4, -0.2) is 66.7 Å². The van der Waals surface area contributed by atoms with Crippen molar-refractivity contribution in [2.24, 2.45) is 5.92 Å². The molecule has 1 aromatic rings. The molecule has 0 saturated carbocycles. The number of methoxy groups -OCH3 is 1. The molecule has 0 radical (unpaired) electrons. The highest BCUT2D eigenvalue weighted by atomic mass is 16.5. The Hall–Kier alpha value is -2.97. The number of esters is 1. The van der Waals surface area contributed by atoms with Crippen LogP contribution >= 0.6 is 0 Å². The van der Waals surface area contributed by atoms with Gasteiger partial charge in [0.05, 0.1) is 31.2 Å². The molecule has 1 heterocycles. The summed E-state index contributed by atoms with van der Waals surface area (Å²) in [5.74, 6) is -1.49. The predicted octanol–water partition coefficient (Wildman–Crippen LogP) is 3.71. The number of amides is 2. The lowest BCUT2D eigenvalue weighted by molar-refractivity contribution is -0.153. The first-order chi connectivity index (χ1) is 17.9. The zero-order valence-electron chi connectivity index (χ0n) is 22.0. The average molecular weight is 515 g/mol. The van der Waals surface area contributed by atoms with Crippen LogP contribution < -0.4 is 5.32 Å². The minimum absolute atomic E-state index is 0.00709. The highest BCUT2D eigenvalue weighted by Crippen LogP contribution is 2.25. The molecule has 37 heavy (non-hydrogen) atoms. The lowest BCUT2D eigenvalue weighted by atomic mass is 9.97. The molecule has 1 saturated heterocycles. The maximum absolute atomic E-state index is 13.4. The fraction of sp³-hybridized carbons (Fsp3) is 0.552. The van der Waals surface area contributed by atoms with Crippen LogP contribution in [0.4, 0.5) is 0 Å². The molecule has 2 rings (SSSR count). The Kier molecular flexibility index (Phi) is 13.7. The van der Waals surface area contributed by atoms with Crippen molar-refractivity contribution < 1.29 is 29.0 Å². The molecule has 1 fully saturated rings. The van der Waals surface area contributed by atoms with Crippen molar-refractivity contribution in [3.8, 4) is 0 Å². The molecule has 2 amide bonds. The van der Waals surface area contributed by atoms with Crippen LogP contribution in [0.15, 0.2) is 55.6 Å². The van der Waals surface area contributed by atoms with Gasteiger partial charge < -0.3 is 24.8 Å². The SMILES string of the molecule is C=CCCCCC(=O)O[C@@H](c1ccccc1)[C@H](COC)NC(=O)[C@@H](CC=C)CC(=O)N1CCC[C@H]1CO. The van der Waals surface area contributed by atoms with Gasteiger partial charge in [0, 0.05) is 26.5 Å². The highest BCUT2D eigenvalue weighted by Gasteiger charge is 2.34. The van der Waals surface area contributed by atoms with Crippen molar-refractivity contribution in [2.75, 3.05) is 26.9 Å². The van der Waals surface area contributed by atoms with Crippen LogP contribution in [0.1, 0.15) is 63.0 Å². The molecule has 8 heteroatoms. The van der Waals surface area contributed by atoms with E-state index in [1.807, 2.05) is 36.4 Å². The number of hydrogen-bond acceptors (Lipinski definition) is 6. The van der Waals surface area contributed by atoms with E-state index in [1.54, 1.807) is 11.0 Å². The van der Waals surface area contributed by atoms with Crippen molar-refractivity contribution >= 4 is 17.8 Å². The second kappa shape index (κ2) is 16.7. The van der Waals surface area contributed by atoms with Gasteiger partial charge in [0.1, 0.15) is 6.10 Å². The van der Waals surface area contributed by atoms with E-state index in [-0.39, 0.29) is 49.9 Å². The van der Waals surface area contributed by atoms with E-state index < -0.39 is 18.1 Å². The maximum Gasteiger partial charge on any atom is 0.306 e. The smallest absolute Gasteiger partial charge is 0.306 e. The Morgan fingerprint density at radius 3 is 2.59 bits per heavy atom. The van der Waals surface area contributed by atoms with Crippen LogP contribution in [0.25, 0.3) is 0 Å². The first-order valence-corrected chi connectivity index (χ1v) is 13.1. The van der Waals surface area contributed by atoms with Gasteiger partial charge in [-0.15, -0.1) is 13.2 Å². The second-order valence-corrected chi connectivity index (χ2v) is 9.42. The first-order valence-electron chi connectivity index (χ1n) is 13.1. The number of ether oxygens (including phenoxy) is 2. The van der Waals surface area contributed by atoms with Crippen LogP contribution in [0.5, 0.6) is 0 Å². The summed E-state index contributed by atoms with van der Waals surface area (Å²) in [5, 5.41) is 12.6. The number of rotatable bonds is 17. The van der Waals surface area contributed by atoms with Crippen LogP contribution in [0.3, 0.4) is 0 Å². The summed E-state index contributed by atoms with van der Waals surface area (Å²) in [4.78, 5) is 40.7. The van der Waals surface area contributed by atoms with E-state index in [0.29, 0.717) is 19.4 Å². The maximum atomic E-state index is 13.4. The number of nitrogens with one attached hydrogen (secondary N) is 1. The molecule has 1 aromatic carbocycles. The van der Waals surface area contributed by atoms with Gasteiger partial charge in [-0.2, -0.15) is 0 Å². The largest absolute Gasteiger partial charge is 0.455 e. The number of aliphatic hydroxyl groups is 1. The molecule has 1 aliphatic rings. The van der Waals surface area contributed by atoms with Gasteiger partial charge >= 0.3 is 5.97 Å². The van der Waals surface area contributed by atoms with Crippen LogP contribution in [0, 0.1) is 5.92 Å². The molecule has 8 nitrogen and oxygen atoms in total. The van der Waals surface area contributed by atoms with Crippen molar-refractivity contribution in [1.29, 1.82) is 0 Å². The zero-order valence-corrected chi connectivity index (χ0v) is 22.0. The Morgan fingerprint density at radius 1 is 1.19 bits per heavy atom. The van der Waals surface area contributed by atoms with Crippen LogP contribution in [-0.2, 0) is 23.9 Å². The van der Waals surface area contributed by atoms with Gasteiger partial charge in [0.2, 0.25) is 11.8 Å².